The summed E-state index contributed by atoms with van der Waals surface area (Å²) in [7, 11) is 0. The van der Waals surface area contributed by atoms with Gasteiger partial charge in [0, 0.05) is 20.8 Å². The van der Waals surface area contributed by atoms with E-state index in [-0.39, 0.29) is 38.3 Å². The highest BCUT2D eigenvalue weighted by molar-refractivity contribution is 5.66. The summed E-state index contributed by atoms with van der Waals surface area (Å²) in [6.45, 7) is 4.24. The van der Waals surface area contributed by atoms with Crippen LogP contribution in [-0.2, 0) is 28.6 Å². The highest BCUT2D eigenvalue weighted by Crippen LogP contribution is 1.99. The molecule has 21 heavy (non-hydrogen) atoms. The Morgan fingerprint density at radius 3 is 1.10 bits per heavy atom. The van der Waals surface area contributed by atoms with Crippen LogP contribution in [-0.4, -0.2) is 56.2 Å². The van der Waals surface area contributed by atoms with E-state index >= 15 is 0 Å². The van der Waals surface area contributed by atoms with E-state index in [9.17, 15) is 14.4 Å². The number of hydrogen-bond donors (Lipinski definition) is 3. The van der Waals surface area contributed by atoms with Crippen LogP contribution in [0.2, 0.25) is 0 Å². The third-order valence-corrected chi connectivity index (χ3v) is 2.57. The normalized spacial score (nSPS) is 25.0. The highest BCUT2D eigenvalue weighted by Gasteiger charge is 2.28. The topological polar surface area (TPSA) is 115 Å². The Balaban J connectivity index is 2.52. The lowest BCUT2D eigenvalue weighted by Gasteiger charge is -2.37. The molecule has 1 fully saturated rings. The van der Waals surface area contributed by atoms with Crippen molar-refractivity contribution in [2.75, 3.05) is 19.8 Å². The Bertz CT molecular complexity index is 326. The van der Waals surface area contributed by atoms with Crippen molar-refractivity contribution in [3.05, 3.63) is 0 Å². The van der Waals surface area contributed by atoms with Gasteiger partial charge in [-0.25, -0.2) is 0 Å². The number of rotatable bonds is 6. The van der Waals surface area contributed by atoms with Gasteiger partial charge in [-0.3, -0.25) is 30.3 Å². The predicted molar refractivity (Wildman–Crippen MR) is 70.7 cm³/mol. The molecular weight excluding hydrogens is 282 g/mol. The summed E-state index contributed by atoms with van der Waals surface area (Å²) in [4.78, 5) is 32.5. The number of carbonyl (C=O) groups excluding carboxylic acids is 3. The van der Waals surface area contributed by atoms with Gasteiger partial charge in [0.15, 0.2) is 0 Å². The zero-order valence-corrected chi connectivity index (χ0v) is 12.3. The molecule has 0 aromatic rings. The maximum Gasteiger partial charge on any atom is 0.302 e. The molecule has 1 heterocycles. The minimum Gasteiger partial charge on any atom is -0.463 e. The Hall–Kier alpha value is -1.71. The summed E-state index contributed by atoms with van der Waals surface area (Å²) in [5.74, 6) is -1.19. The predicted octanol–water partition coefficient (Wildman–Crippen LogP) is -1.56. The molecule has 120 valence electrons. The maximum atomic E-state index is 10.8. The van der Waals surface area contributed by atoms with Gasteiger partial charge in [0.25, 0.3) is 0 Å². The van der Waals surface area contributed by atoms with Gasteiger partial charge >= 0.3 is 17.9 Å². The first kappa shape index (κ1) is 17.3. The third kappa shape index (κ3) is 7.59. The average Bonchev–Trinajstić information content (AvgIpc) is 2.40. The summed E-state index contributed by atoms with van der Waals surface area (Å²) >= 11 is 0. The fourth-order valence-electron chi connectivity index (χ4n) is 1.76. The van der Waals surface area contributed by atoms with Crippen molar-refractivity contribution in [3.63, 3.8) is 0 Å². The molecular formula is C12H21N3O6. The molecule has 1 rings (SSSR count). The minimum absolute atomic E-state index is 0.101. The van der Waals surface area contributed by atoms with Crippen molar-refractivity contribution in [1.82, 2.24) is 16.0 Å². The molecule has 0 atom stereocenters. The Morgan fingerprint density at radius 2 is 0.905 bits per heavy atom. The summed E-state index contributed by atoms with van der Waals surface area (Å²) in [5, 5.41) is 9.19. The van der Waals surface area contributed by atoms with E-state index in [1.165, 1.54) is 20.8 Å². The first-order chi connectivity index (χ1) is 9.86. The van der Waals surface area contributed by atoms with Gasteiger partial charge in [-0.15, -0.1) is 0 Å². The molecule has 3 N–H and O–H groups in total. The van der Waals surface area contributed by atoms with E-state index in [1.807, 2.05) is 0 Å². The lowest BCUT2D eigenvalue weighted by Crippen LogP contribution is -2.70. The highest BCUT2D eigenvalue weighted by atomic mass is 16.5. The third-order valence-electron chi connectivity index (χ3n) is 2.57. The molecule has 9 nitrogen and oxygen atoms in total. The van der Waals surface area contributed by atoms with E-state index < -0.39 is 17.9 Å². The number of ether oxygens (including phenoxy) is 3. The van der Waals surface area contributed by atoms with Crippen LogP contribution in [0.15, 0.2) is 0 Å². The molecule has 0 radical (unpaired) electrons. The summed E-state index contributed by atoms with van der Waals surface area (Å²) in [6.07, 6.45) is -1.05. The molecule has 0 spiro atoms. The van der Waals surface area contributed by atoms with E-state index in [1.54, 1.807) is 0 Å². The zero-order valence-electron chi connectivity index (χ0n) is 12.3. The van der Waals surface area contributed by atoms with Crippen molar-refractivity contribution in [1.29, 1.82) is 0 Å². The quantitative estimate of drug-likeness (QED) is 0.395. The average molecular weight is 303 g/mol. The lowest BCUT2D eigenvalue weighted by molar-refractivity contribution is -0.144. The molecule has 1 aliphatic heterocycles. The minimum atomic E-state index is -0.398. The number of carbonyl (C=O) groups is 3. The van der Waals surface area contributed by atoms with Gasteiger partial charge in [0.2, 0.25) is 0 Å². The molecule has 0 saturated carbocycles. The van der Waals surface area contributed by atoms with Gasteiger partial charge in [-0.1, -0.05) is 0 Å². The van der Waals surface area contributed by atoms with Crippen molar-refractivity contribution in [3.8, 4) is 0 Å². The fourth-order valence-corrected chi connectivity index (χ4v) is 1.76. The smallest absolute Gasteiger partial charge is 0.302 e. The van der Waals surface area contributed by atoms with Gasteiger partial charge in [0.05, 0.1) is 18.5 Å². The van der Waals surface area contributed by atoms with E-state index in [2.05, 4.69) is 16.0 Å². The van der Waals surface area contributed by atoms with Gasteiger partial charge in [-0.05, 0) is 0 Å². The van der Waals surface area contributed by atoms with Gasteiger partial charge in [0.1, 0.15) is 19.8 Å². The van der Waals surface area contributed by atoms with Crippen molar-refractivity contribution in [2.24, 2.45) is 0 Å². The summed E-state index contributed by atoms with van der Waals surface area (Å²) in [5.41, 5.74) is 0. The van der Waals surface area contributed by atoms with E-state index in [0.29, 0.717) is 0 Å². The van der Waals surface area contributed by atoms with Crippen molar-refractivity contribution >= 4 is 17.9 Å². The largest absolute Gasteiger partial charge is 0.463 e. The van der Waals surface area contributed by atoms with Crippen LogP contribution in [0.4, 0.5) is 0 Å². The molecule has 0 bridgehead atoms. The molecule has 0 aliphatic carbocycles. The van der Waals surface area contributed by atoms with Crippen LogP contribution in [0.25, 0.3) is 0 Å². The van der Waals surface area contributed by atoms with Crippen LogP contribution in [0.3, 0.4) is 0 Å². The van der Waals surface area contributed by atoms with Crippen LogP contribution in [0.5, 0.6) is 0 Å². The second kappa shape index (κ2) is 8.55. The molecule has 9 heteroatoms. The Kier molecular flexibility index (Phi) is 7.06. The van der Waals surface area contributed by atoms with Crippen molar-refractivity contribution < 1.29 is 28.6 Å². The molecule has 1 aliphatic rings. The van der Waals surface area contributed by atoms with Crippen LogP contribution in [0, 0.1) is 0 Å². The van der Waals surface area contributed by atoms with E-state index in [0.717, 1.165) is 0 Å². The number of esters is 3. The standard InChI is InChI=1S/C12H21N3O6/c1-7(16)19-4-10-13-11(5-20-8(2)17)15-12(14-10)6-21-9(3)18/h10-15H,4-6H2,1-3H3. The molecule has 0 unspecified atom stereocenters. The van der Waals surface area contributed by atoms with Gasteiger partial charge in [-0.2, -0.15) is 0 Å². The Labute approximate surface area is 122 Å². The summed E-state index contributed by atoms with van der Waals surface area (Å²) < 4.78 is 14.8. The van der Waals surface area contributed by atoms with Crippen molar-refractivity contribution in [2.45, 2.75) is 39.3 Å². The number of hydrogen-bond acceptors (Lipinski definition) is 9. The Morgan fingerprint density at radius 1 is 0.667 bits per heavy atom. The lowest BCUT2D eigenvalue weighted by atomic mass is 10.3. The van der Waals surface area contributed by atoms with Crippen LogP contribution >= 0.6 is 0 Å². The molecule has 0 amide bonds. The first-order valence-corrected chi connectivity index (χ1v) is 6.55. The number of nitrogens with one attached hydrogen (secondary N) is 3. The maximum absolute atomic E-state index is 10.8. The van der Waals surface area contributed by atoms with Gasteiger partial charge < -0.3 is 14.2 Å². The molecule has 1 saturated heterocycles. The first-order valence-electron chi connectivity index (χ1n) is 6.55. The fraction of sp³-hybridized carbons (Fsp3) is 0.750. The SMILES string of the molecule is CC(=O)OCC1NC(COC(C)=O)NC(COC(C)=O)N1. The van der Waals surface area contributed by atoms with Crippen LogP contribution < -0.4 is 16.0 Å². The monoisotopic (exact) mass is 303 g/mol. The second-order valence-electron chi connectivity index (χ2n) is 4.57. The molecule has 0 aromatic carbocycles. The van der Waals surface area contributed by atoms with Crippen LogP contribution in [0.1, 0.15) is 20.8 Å². The molecule has 0 aromatic heterocycles. The second-order valence-corrected chi connectivity index (χ2v) is 4.57. The summed E-state index contributed by atoms with van der Waals surface area (Å²) in [6, 6.07) is 0. The van der Waals surface area contributed by atoms with E-state index in [4.69, 9.17) is 14.2 Å². The zero-order chi connectivity index (χ0) is 15.8.